The highest BCUT2D eigenvalue weighted by Crippen LogP contribution is 2.47. The summed E-state index contributed by atoms with van der Waals surface area (Å²) in [6.45, 7) is 0. The molecule has 1 heterocycles. The minimum absolute atomic E-state index is 0.380. The third-order valence-corrected chi connectivity index (χ3v) is 4.26. The molecular formula is C15H16O4. The fourth-order valence-corrected chi connectivity index (χ4v) is 3.42. The fourth-order valence-electron chi connectivity index (χ4n) is 3.42. The molecule has 1 spiro atoms. The van der Waals surface area contributed by atoms with Crippen molar-refractivity contribution in [2.24, 2.45) is 0 Å². The maximum atomic E-state index is 12.1. The molecule has 0 aromatic heterocycles. The average Bonchev–Trinajstić information content (AvgIpc) is 2.39. The molecule has 4 heteroatoms. The van der Waals surface area contributed by atoms with Crippen molar-refractivity contribution in [3.05, 3.63) is 35.4 Å². The van der Waals surface area contributed by atoms with Crippen molar-refractivity contribution in [2.45, 2.75) is 43.6 Å². The molecule has 1 N–H and O–H groups in total. The summed E-state index contributed by atoms with van der Waals surface area (Å²) in [6.07, 6.45) is 4.19. The Morgan fingerprint density at radius 3 is 2.58 bits per heavy atom. The summed E-state index contributed by atoms with van der Waals surface area (Å²) < 4.78 is 5.60. The Bertz CT molecular complexity index is 529. The highest BCUT2D eigenvalue weighted by atomic mass is 16.6. The lowest BCUT2D eigenvalue weighted by Gasteiger charge is -2.44. The van der Waals surface area contributed by atoms with Gasteiger partial charge < -0.3 is 9.84 Å². The standard InChI is InChI=1S/C15H16O4/c16-13(17)12-10-6-2-3-7-11(10)14(18)19-15(12)8-4-1-5-9-15/h2-3,6-7,12H,1,4-5,8-9H2,(H,16,17). The molecule has 1 aromatic rings. The van der Waals surface area contributed by atoms with E-state index < -0.39 is 17.5 Å². The Balaban J connectivity index is 2.13. The molecule has 100 valence electrons. The number of benzene rings is 1. The Morgan fingerprint density at radius 2 is 1.89 bits per heavy atom. The third kappa shape index (κ3) is 1.82. The normalized spacial score (nSPS) is 24.6. The number of hydrogen-bond acceptors (Lipinski definition) is 3. The summed E-state index contributed by atoms with van der Waals surface area (Å²) in [4.78, 5) is 23.8. The van der Waals surface area contributed by atoms with Crippen LogP contribution in [0.4, 0.5) is 0 Å². The second kappa shape index (κ2) is 4.37. The van der Waals surface area contributed by atoms with Crippen molar-refractivity contribution >= 4 is 11.9 Å². The maximum absolute atomic E-state index is 12.1. The Labute approximate surface area is 111 Å². The van der Waals surface area contributed by atoms with Gasteiger partial charge in [0, 0.05) is 0 Å². The first-order valence-electron chi connectivity index (χ1n) is 6.69. The molecule has 0 bridgehead atoms. The summed E-state index contributed by atoms with van der Waals surface area (Å²) in [5.41, 5.74) is 0.162. The smallest absolute Gasteiger partial charge is 0.339 e. The van der Waals surface area contributed by atoms with Crippen LogP contribution in [-0.2, 0) is 9.53 Å². The van der Waals surface area contributed by atoms with Gasteiger partial charge in [-0.1, -0.05) is 24.6 Å². The summed E-state index contributed by atoms with van der Waals surface area (Å²) in [7, 11) is 0. The molecule has 1 aliphatic heterocycles. The lowest BCUT2D eigenvalue weighted by molar-refractivity contribution is -0.149. The molecule has 3 rings (SSSR count). The van der Waals surface area contributed by atoms with Gasteiger partial charge in [0.2, 0.25) is 0 Å². The lowest BCUT2D eigenvalue weighted by Crippen LogP contribution is -2.49. The van der Waals surface area contributed by atoms with Crippen LogP contribution < -0.4 is 0 Å². The predicted molar refractivity (Wildman–Crippen MR) is 68.1 cm³/mol. The van der Waals surface area contributed by atoms with Gasteiger partial charge in [-0.15, -0.1) is 0 Å². The van der Waals surface area contributed by atoms with Crippen molar-refractivity contribution in [1.82, 2.24) is 0 Å². The van der Waals surface area contributed by atoms with Gasteiger partial charge in [0.25, 0.3) is 0 Å². The summed E-state index contributed by atoms with van der Waals surface area (Å²) in [5.74, 6) is -2.02. The van der Waals surface area contributed by atoms with Crippen LogP contribution in [0.2, 0.25) is 0 Å². The van der Waals surface area contributed by atoms with E-state index in [1.807, 2.05) is 0 Å². The van der Waals surface area contributed by atoms with Crippen LogP contribution in [0.1, 0.15) is 53.9 Å². The van der Waals surface area contributed by atoms with Gasteiger partial charge in [-0.05, 0) is 37.3 Å². The third-order valence-electron chi connectivity index (χ3n) is 4.26. The van der Waals surface area contributed by atoms with Crippen LogP contribution in [0.25, 0.3) is 0 Å². The van der Waals surface area contributed by atoms with Crippen LogP contribution in [0.3, 0.4) is 0 Å². The second-order valence-electron chi connectivity index (χ2n) is 5.37. The number of carboxylic acid groups (broad SMARTS) is 1. The van der Waals surface area contributed by atoms with Gasteiger partial charge in [0.15, 0.2) is 0 Å². The van der Waals surface area contributed by atoms with Crippen LogP contribution in [0, 0.1) is 0 Å². The van der Waals surface area contributed by atoms with E-state index in [-0.39, 0.29) is 5.97 Å². The van der Waals surface area contributed by atoms with E-state index in [9.17, 15) is 14.7 Å². The van der Waals surface area contributed by atoms with E-state index in [0.717, 1.165) is 19.3 Å². The molecule has 1 unspecified atom stereocenters. The Kier molecular flexibility index (Phi) is 2.81. The van der Waals surface area contributed by atoms with Crippen molar-refractivity contribution in [3.63, 3.8) is 0 Å². The molecule has 0 radical (unpaired) electrons. The number of fused-ring (bicyclic) bond motifs is 1. The van der Waals surface area contributed by atoms with Gasteiger partial charge in [0.05, 0.1) is 5.56 Å². The molecule has 1 saturated carbocycles. The fraction of sp³-hybridized carbons (Fsp3) is 0.467. The lowest BCUT2D eigenvalue weighted by atomic mass is 9.70. The van der Waals surface area contributed by atoms with E-state index in [2.05, 4.69) is 0 Å². The molecule has 19 heavy (non-hydrogen) atoms. The number of esters is 1. The minimum Gasteiger partial charge on any atom is -0.481 e. The average molecular weight is 260 g/mol. The monoisotopic (exact) mass is 260 g/mol. The van der Waals surface area contributed by atoms with E-state index in [4.69, 9.17) is 4.74 Å². The van der Waals surface area contributed by atoms with Gasteiger partial charge in [-0.2, -0.15) is 0 Å². The van der Waals surface area contributed by atoms with Crippen LogP contribution in [0.15, 0.2) is 24.3 Å². The van der Waals surface area contributed by atoms with Crippen molar-refractivity contribution in [1.29, 1.82) is 0 Å². The zero-order valence-corrected chi connectivity index (χ0v) is 10.6. The molecule has 0 saturated heterocycles. The number of ether oxygens (including phenoxy) is 1. The predicted octanol–water partition coefficient (Wildman–Crippen LogP) is 2.73. The molecule has 1 aliphatic carbocycles. The van der Waals surface area contributed by atoms with Crippen LogP contribution in [-0.4, -0.2) is 22.6 Å². The first-order chi connectivity index (χ1) is 9.14. The topological polar surface area (TPSA) is 63.6 Å². The minimum atomic E-state index is -0.901. The molecule has 4 nitrogen and oxygen atoms in total. The molecule has 1 aromatic carbocycles. The zero-order chi connectivity index (χ0) is 13.5. The van der Waals surface area contributed by atoms with Crippen LogP contribution in [0.5, 0.6) is 0 Å². The van der Waals surface area contributed by atoms with Crippen molar-refractivity contribution in [3.8, 4) is 0 Å². The SMILES string of the molecule is O=C1OC2(CCCCC2)C(C(=O)O)c2ccccc21. The van der Waals surface area contributed by atoms with E-state index >= 15 is 0 Å². The van der Waals surface area contributed by atoms with E-state index in [1.165, 1.54) is 0 Å². The molecule has 1 atom stereocenters. The Hall–Kier alpha value is -1.84. The van der Waals surface area contributed by atoms with Gasteiger partial charge in [0.1, 0.15) is 11.5 Å². The van der Waals surface area contributed by atoms with Gasteiger partial charge in [-0.3, -0.25) is 4.79 Å². The van der Waals surface area contributed by atoms with Gasteiger partial charge >= 0.3 is 11.9 Å². The molecule has 1 fully saturated rings. The van der Waals surface area contributed by atoms with Crippen LogP contribution >= 0.6 is 0 Å². The second-order valence-corrected chi connectivity index (χ2v) is 5.37. The molecular weight excluding hydrogens is 244 g/mol. The summed E-state index contributed by atoms with van der Waals surface area (Å²) >= 11 is 0. The number of aliphatic carboxylic acids is 1. The number of hydrogen-bond donors (Lipinski definition) is 1. The van der Waals surface area contributed by atoms with E-state index in [1.54, 1.807) is 24.3 Å². The number of rotatable bonds is 1. The van der Waals surface area contributed by atoms with E-state index in [0.29, 0.717) is 24.0 Å². The maximum Gasteiger partial charge on any atom is 0.339 e. The zero-order valence-electron chi connectivity index (χ0n) is 10.6. The van der Waals surface area contributed by atoms with Crippen molar-refractivity contribution < 1.29 is 19.4 Å². The number of carbonyl (C=O) groups excluding carboxylic acids is 1. The molecule has 2 aliphatic rings. The highest BCUT2D eigenvalue weighted by Gasteiger charge is 2.52. The summed E-state index contributed by atoms with van der Waals surface area (Å²) in [5, 5.41) is 9.60. The first-order valence-corrected chi connectivity index (χ1v) is 6.69. The number of carbonyl (C=O) groups is 2. The highest BCUT2D eigenvalue weighted by molar-refractivity contribution is 5.96. The first kappa shape index (κ1) is 12.2. The quantitative estimate of drug-likeness (QED) is 0.788. The Morgan fingerprint density at radius 1 is 1.21 bits per heavy atom. The molecule has 0 amide bonds. The largest absolute Gasteiger partial charge is 0.481 e. The number of carboxylic acids is 1. The van der Waals surface area contributed by atoms with Gasteiger partial charge in [-0.25, -0.2) is 4.79 Å². The van der Waals surface area contributed by atoms with Crippen molar-refractivity contribution in [2.75, 3.05) is 0 Å². The summed E-state index contributed by atoms with van der Waals surface area (Å²) in [6, 6.07) is 6.90.